The van der Waals surface area contributed by atoms with Crippen molar-refractivity contribution < 1.29 is 19.4 Å². The van der Waals surface area contributed by atoms with Crippen molar-refractivity contribution in [3.05, 3.63) is 35.1 Å². The van der Waals surface area contributed by atoms with E-state index in [2.05, 4.69) is 5.32 Å². The molecule has 1 rings (SSSR count). The number of carbonyl (C=O) groups is 1. The van der Waals surface area contributed by atoms with Crippen LogP contribution in [-0.4, -0.2) is 28.8 Å². The quantitative estimate of drug-likeness (QED) is 0.701. The van der Waals surface area contributed by atoms with Gasteiger partial charge in [0.1, 0.15) is 5.82 Å². The van der Waals surface area contributed by atoms with Gasteiger partial charge in [0, 0.05) is 18.2 Å². The van der Waals surface area contributed by atoms with E-state index in [9.17, 15) is 9.18 Å². The normalized spacial score (nSPS) is 12.4. The Morgan fingerprint density at radius 1 is 1.56 bits per heavy atom. The van der Waals surface area contributed by atoms with E-state index in [1.807, 2.05) is 0 Å². The Morgan fingerprint density at radius 2 is 2.25 bits per heavy atom. The fourth-order valence-electron chi connectivity index (χ4n) is 1.19. The van der Waals surface area contributed by atoms with Crippen LogP contribution in [0.3, 0.4) is 0 Å². The molecule has 0 heterocycles. The van der Waals surface area contributed by atoms with Crippen LogP contribution in [-0.2, 0) is 6.54 Å². The van der Waals surface area contributed by atoms with Gasteiger partial charge in [0.05, 0.1) is 12.2 Å². The molecule has 16 heavy (non-hydrogen) atoms. The molecule has 0 saturated carbocycles. The number of benzene rings is 1. The minimum Gasteiger partial charge on any atom is -0.478 e. The predicted octanol–water partition coefficient (Wildman–Crippen LogP) is 0.994. The number of halogens is 1. The van der Waals surface area contributed by atoms with E-state index in [4.69, 9.17) is 10.2 Å². The third-order valence-electron chi connectivity index (χ3n) is 2.21. The molecule has 1 atom stereocenters. The molecule has 0 aliphatic rings. The highest BCUT2D eigenvalue weighted by molar-refractivity contribution is 5.87. The smallest absolute Gasteiger partial charge is 0.335 e. The highest BCUT2D eigenvalue weighted by atomic mass is 19.1. The summed E-state index contributed by atoms with van der Waals surface area (Å²) in [6.07, 6.45) is 0. The van der Waals surface area contributed by atoms with Crippen molar-refractivity contribution in [2.75, 3.05) is 6.61 Å². The highest BCUT2D eigenvalue weighted by Gasteiger charge is 2.09. The fraction of sp³-hybridized carbons (Fsp3) is 0.364. The topological polar surface area (TPSA) is 69.6 Å². The summed E-state index contributed by atoms with van der Waals surface area (Å²) in [7, 11) is 0. The minimum atomic E-state index is -1.09. The Morgan fingerprint density at radius 3 is 2.81 bits per heavy atom. The Kier molecular flexibility index (Phi) is 4.39. The first-order valence-corrected chi connectivity index (χ1v) is 4.90. The van der Waals surface area contributed by atoms with Crippen molar-refractivity contribution >= 4 is 5.97 Å². The van der Waals surface area contributed by atoms with Crippen LogP contribution in [0.5, 0.6) is 0 Å². The van der Waals surface area contributed by atoms with E-state index < -0.39 is 11.8 Å². The molecule has 0 aromatic heterocycles. The van der Waals surface area contributed by atoms with Gasteiger partial charge in [-0.2, -0.15) is 0 Å². The van der Waals surface area contributed by atoms with Crippen LogP contribution in [0.15, 0.2) is 18.2 Å². The molecule has 0 aliphatic heterocycles. The van der Waals surface area contributed by atoms with E-state index in [0.29, 0.717) is 0 Å². The summed E-state index contributed by atoms with van der Waals surface area (Å²) in [5.41, 5.74) is 0.329. The second kappa shape index (κ2) is 5.58. The van der Waals surface area contributed by atoms with E-state index in [1.165, 1.54) is 12.1 Å². The maximum Gasteiger partial charge on any atom is 0.335 e. The third kappa shape index (κ3) is 3.29. The van der Waals surface area contributed by atoms with Crippen molar-refractivity contribution in [1.29, 1.82) is 0 Å². The SMILES string of the molecule is CC(CO)NCc1cc(C(=O)O)ccc1F. The molecule has 0 saturated heterocycles. The monoisotopic (exact) mass is 227 g/mol. The largest absolute Gasteiger partial charge is 0.478 e. The van der Waals surface area contributed by atoms with E-state index in [-0.39, 0.29) is 30.3 Å². The lowest BCUT2D eigenvalue weighted by Crippen LogP contribution is -2.29. The van der Waals surface area contributed by atoms with Gasteiger partial charge in [0.15, 0.2) is 0 Å². The molecule has 3 N–H and O–H groups in total. The maximum absolute atomic E-state index is 13.3. The van der Waals surface area contributed by atoms with Gasteiger partial charge in [-0.15, -0.1) is 0 Å². The average molecular weight is 227 g/mol. The number of nitrogens with one attached hydrogen (secondary N) is 1. The molecule has 0 amide bonds. The van der Waals surface area contributed by atoms with Crippen LogP contribution in [0, 0.1) is 5.82 Å². The molecule has 0 radical (unpaired) electrons. The summed E-state index contributed by atoms with van der Waals surface area (Å²) in [5.74, 6) is -1.54. The number of hydrogen-bond donors (Lipinski definition) is 3. The predicted molar refractivity (Wildman–Crippen MR) is 56.7 cm³/mol. The number of aromatic carboxylic acids is 1. The first-order valence-electron chi connectivity index (χ1n) is 4.90. The second-order valence-corrected chi connectivity index (χ2v) is 3.58. The van der Waals surface area contributed by atoms with Crippen molar-refractivity contribution in [2.24, 2.45) is 0 Å². The Bertz CT molecular complexity index is 381. The van der Waals surface area contributed by atoms with Crippen LogP contribution in [0.4, 0.5) is 4.39 Å². The molecule has 1 aromatic carbocycles. The van der Waals surface area contributed by atoms with Crippen molar-refractivity contribution in [3.63, 3.8) is 0 Å². The third-order valence-corrected chi connectivity index (χ3v) is 2.21. The number of hydrogen-bond acceptors (Lipinski definition) is 3. The first-order chi connectivity index (χ1) is 7.54. The molecule has 0 bridgehead atoms. The molecular formula is C11H14FNO3. The Hall–Kier alpha value is -1.46. The molecule has 4 nitrogen and oxygen atoms in total. The lowest BCUT2D eigenvalue weighted by molar-refractivity contribution is 0.0696. The first kappa shape index (κ1) is 12.6. The zero-order chi connectivity index (χ0) is 12.1. The highest BCUT2D eigenvalue weighted by Crippen LogP contribution is 2.10. The molecule has 5 heteroatoms. The fourth-order valence-corrected chi connectivity index (χ4v) is 1.19. The van der Waals surface area contributed by atoms with Gasteiger partial charge in [0.25, 0.3) is 0 Å². The Labute approximate surface area is 92.7 Å². The number of aliphatic hydroxyl groups is 1. The maximum atomic E-state index is 13.3. The molecular weight excluding hydrogens is 213 g/mol. The second-order valence-electron chi connectivity index (χ2n) is 3.58. The van der Waals surface area contributed by atoms with Crippen molar-refractivity contribution in [1.82, 2.24) is 5.32 Å². The van der Waals surface area contributed by atoms with Crippen molar-refractivity contribution in [2.45, 2.75) is 19.5 Å². The van der Waals surface area contributed by atoms with E-state index in [1.54, 1.807) is 6.92 Å². The van der Waals surface area contributed by atoms with Crippen LogP contribution in [0.2, 0.25) is 0 Å². The lowest BCUT2D eigenvalue weighted by Gasteiger charge is -2.11. The summed E-state index contributed by atoms with van der Waals surface area (Å²) in [6.45, 7) is 1.88. The van der Waals surface area contributed by atoms with Gasteiger partial charge >= 0.3 is 5.97 Å². The average Bonchev–Trinajstić information content (AvgIpc) is 2.27. The van der Waals surface area contributed by atoms with Gasteiger partial charge < -0.3 is 15.5 Å². The van der Waals surface area contributed by atoms with Gasteiger partial charge in [-0.25, -0.2) is 9.18 Å². The number of aliphatic hydroxyl groups excluding tert-OH is 1. The van der Waals surface area contributed by atoms with Gasteiger partial charge in [-0.1, -0.05) is 0 Å². The van der Waals surface area contributed by atoms with E-state index >= 15 is 0 Å². The molecule has 88 valence electrons. The van der Waals surface area contributed by atoms with E-state index in [0.717, 1.165) is 6.07 Å². The molecule has 0 spiro atoms. The number of rotatable bonds is 5. The summed E-state index contributed by atoms with van der Waals surface area (Å²) in [6, 6.07) is 3.48. The zero-order valence-corrected chi connectivity index (χ0v) is 8.90. The summed E-state index contributed by atoms with van der Waals surface area (Å²) in [4.78, 5) is 10.7. The van der Waals surface area contributed by atoms with Gasteiger partial charge in [0.2, 0.25) is 0 Å². The van der Waals surface area contributed by atoms with Crippen LogP contribution < -0.4 is 5.32 Å². The number of carboxylic acids is 1. The van der Waals surface area contributed by atoms with Crippen LogP contribution in [0.25, 0.3) is 0 Å². The van der Waals surface area contributed by atoms with Gasteiger partial charge in [-0.3, -0.25) is 0 Å². The van der Waals surface area contributed by atoms with Crippen LogP contribution in [0.1, 0.15) is 22.8 Å². The van der Waals surface area contributed by atoms with Crippen molar-refractivity contribution in [3.8, 4) is 0 Å². The lowest BCUT2D eigenvalue weighted by atomic mass is 10.1. The summed E-state index contributed by atoms with van der Waals surface area (Å²) < 4.78 is 13.3. The Balaban J connectivity index is 2.78. The summed E-state index contributed by atoms with van der Waals surface area (Å²) >= 11 is 0. The summed E-state index contributed by atoms with van der Waals surface area (Å²) in [5, 5.41) is 20.4. The molecule has 0 fully saturated rings. The standard InChI is InChI=1S/C11H14FNO3/c1-7(6-14)13-5-9-4-8(11(15)16)2-3-10(9)12/h2-4,7,13-14H,5-6H2,1H3,(H,15,16). The molecule has 1 aromatic rings. The minimum absolute atomic E-state index is 0.0508. The molecule has 0 aliphatic carbocycles. The van der Waals surface area contributed by atoms with Crippen LogP contribution >= 0.6 is 0 Å². The number of carboxylic acid groups (broad SMARTS) is 1. The van der Waals surface area contributed by atoms with Gasteiger partial charge in [-0.05, 0) is 25.1 Å². The zero-order valence-electron chi connectivity index (χ0n) is 8.90. The molecule has 1 unspecified atom stereocenters.